The molecule has 1 saturated heterocycles. The van der Waals surface area contributed by atoms with E-state index in [0.717, 1.165) is 12.1 Å². The number of carbonyl (C=O) groups is 1. The molecule has 1 N–H and O–H groups in total. The Bertz CT molecular complexity index is 1060. The molecule has 4 rings (SSSR count). The topological polar surface area (TPSA) is 62.6 Å². The van der Waals surface area contributed by atoms with Crippen molar-refractivity contribution in [3.8, 4) is 11.3 Å². The van der Waals surface area contributed by atoms with E-state index >= 15 is 0 Å². The Balaban J connectivity index is 1.88. The summed E-state index contributed by atoms with van der Waals surface area (Å²) in [6.07, 6.45) is 0. The van der Waals surface area contributed by atoms with E-state index in [2.05, 4.69) is 12.2 Å². The van der Waals surface area contributed by atoms with Gasteiger partial charge in [0.2, 0.25) is 0 Å². The molecule has 0 spiro atoms. The van der Waals surface area contributed by atoms with Crippen molar-refractivity contribution in [1.82, 2.24) is 10.2 Å². The first-order chi connectivity index (χ1) is 13.1. The molecule has 1 fully saturated rings. The number of carbonyl (C=O) groups excluding carboxylic acids is 1. The molecule has 1 atom stereocenters. The molecule has 0 bridgehead atoms. The third kappa shape index (κ3) is 3.15. The molecule has 0 saturated carbocycles. The molecule has 1 aromatic heterocycles. The molecule has 2 heterocycles. The largest absolute Gasteiger partial charge is 0.455 e. The first-order valence-electron chi connectivity index (χ1n) is 9.21. The van der Waals surface area contributed by atoms with E-state index in [4.69, 9.17) is 4.42 Å². The molecule has 2 aromatic carbocycles. The second-order valence-electron chi connectivity index (χ2n) is 7.04. The van der Waals surface area contributed by atoms with Crippen LogP contribution >= 0.6 is 0 Å². The van der Waals surface area contributed by atoms with Crippen LogP contribution in [0.15, 0.2) is 57.7 Å². The Morgan fingerprint density at radius 2 is 1.93 bits per heavy atom. The number of nitrogens with zero attached hydrogens (tertiary/aromatic N) is 1. The van der Waals surface area contributed by atoms with Crippen molar-refractivity contribution in [3.05, 3.63) is 69.9 Å². The van der Waals surface area contributed by atoms with E-state index in [1.54, 1.807) is 25.1 Å². The van der Waals surface area contributed by atoms with E-state index in [1.165, 1.54) is 0 Å². The van der Waals surface area contributed by atoms with Gasteiger partial charge < -0.3 is 14.6 Å². The third-order valence-corrected chi connectivity index (χ3v) is 5.07. The average Bonchev–Trinajstić information content (AvgIpc) is 2.70. The fourth-order valence-corrected chi connectivity index (χ4v) is 3.63. The van der Waals surface area contributed by atoms with Crippen LogP contribution in [0.1, 0.15) is 22.8 Å². The molecule has 5 nitrogen and oxygen atoms in total. The molecule has 0 radical (unpaired) electrons. The number of rotatable bonds is 2. The van der Waals surface area contributed by atoms with Gasteiger partial charge in [0.1, 0.15) is 5.76 Å². The van der Waals surface area contributed by atoms with Gasteiger partial charge in [0.25, 0.3) is 5.91 Å². The number of nitrogens with one attached hydrogen (secondary N) is 1. The number of piperazine rings is 1. The zero-order valence-electron chi connectivity index (χ0n) is 15.5. The van der Waals surface area contributed by atoms with Crippen LogP contribution in [-0.2, 0) is 0 Å². The number of benzene rings is 2. The summed E-state index contributed by atoms with van der Waals surface area (Å²) in [6.45, 7) is 5.85. The Kier molecular flexibility index (Phi) is 4.54. The number of para-hydroxylation sites is 1. The zero-order valence-corrected chi connectivity index (χ0v) is 15.5. The maximum Gasteiger partial charge on any atom is 0.257 e. The van der Waals surface area contributed by atoms with Gasteiger partial charge in [-0.2, -0.15) is 0 Å². The van der Waals surface area contributed by atoms with Crippen LogP contribution in [-0.4, -0.2) is 36.5 Å². The van der Waals surface area contributed by atoms with Crippen LogP contribution in [0.25, 0.3) is 22.3 Å². The van der Waals surface area contributed by atoms with Crippen molar-refractivity contribution in [2.24, 2.45) is 0 Å². The molecule has 1 unspecified atom stereocenters. The predicted octanol–water partition coefficient (Wildman–Crippen LogP) is 3.20. The number of hydrogen-bond acceptors (Lipinski definition) is 4. The lowest BCUT2D eigenvalue weighted by Crippen LogP contribution is -2.51. The summed E-state index contributed by atoms with van der Waals surface area (Å²) < 4.78 is 6.17. The molecule has 5 heteroatoms. The summed E-state index contributed by atoms with van der Waals surface area (Å²) in [5, 5.41) is 3.78. The highest BCUT2D eigenvalue weighted by atomic mass is 16.3. The minimum Gasteiger partial charge on any atom is -0.455 e. The van der Waals surface area contributed by atoms with Crippen LogP contribution < -0.4 is 10.7 Å². The summed E-state index contributed by atoms with van der Waals surface area (Å²) in [7, 11) is 0. The molecular formula is C22H22N2O3. The summed E-state index contributed by atoms with van der Waals surface area (Å²) >= 11 is 0. The summed E-state index contributed by atoms with van der Waals surface area (Å²) in [5.41, 5.74) is 2.08. The molecule has 27 heavy (non-hydrogen) atoms. The predicted molar refractivity (Wildman–Crippen MR) is 106 cm³/mol. The highest BCUT2D eigenvalue weighted by molar-refractivity contribution is 6.05. The van der Waals surface area contributed by atoms with E-state index in [-0.39, 0.29) is 17.4 Å². The molecular weight excluding hydrogens is 340 g/mol. The minimum absolute atomic E-state index is 0.0973. The smallest absolute Gasteiger partial charge is 0.257 e. The average molecular weight is 362 g/mol. The number of hydrogen-bond donors (Lipinski definition) is 1. The Labute approximate surface area is 157 Å². The Hall–Kier alpha value is -2.92. The highest BCUT2D eigenvalue weighted by Gasteiger charge is 2.25. The van der Waals surface area contributed by atoms with Crippen molar-refractivity contribution in [2.45, 2.75) is 19.9 Å². The summed E-state index contributed by atoms with van der Waals surface area (Å²) in [6, 6.07) is 15.0. The van der Waals surface area contributed by atoms with Crippen molar-refractivity contribution in [2.75, 3.05) is 19.6 Å². The monoisotopic (exact) mass is 362 g/mol. The minimum atomic E-state index is -0.0987. The number of amides is 1. The van der Waals surface area contributed by atoms with Gasteiger partial charge in [0, 0.05) is 36.8 Å². The Morgan fingerprint density at radius 1 is 1.15 bits per heavy atom. The van der Waals surface area contributed by atoms with Gasteiger partial charge in [-0.3, -0.25) is 9.59 Å². The standard InChI is InChI=1S/C22H22N2O3/c1-14-13-24(12-11-23-14)22(26)18-10-6-9-17-19(25)15(2)20(27-21(17)18)16-7-4-3-5-8-16/h3-10,14,23H,11-13H2,1-2H3. The van der Waals surface area contributed by atoms with E-state index < -0.39 is 0 Å². The van der Waals surface area contributed by atoms with E-state index in [9.17, 15) is 9.59 Å². The third-order valence-electron chi connectivity index (χ3n) is 5.07. The molecule has 3 aromatic rings. The molecule has 1 aliphatic heterocycles. The molecule has 0 aliphatic carbocycles. The van der Waals surface area contributed by atoms with Crippen LogP contribution in [0.5, 0.6) is 0 Å². The number of fused-ring (bicyclic) bond motifs is 1. The van der Waals surface area contributed by atoms with Gasteiger partial charge in [-0.05, 0) is 26.0 Å². The van der Waals surface area contributed by atoms with Gasteiger partial charge in [-0.1, -0.05) is 36.4 Å². The van der Waals surface area contributed by atoms with Gasteiger partial charge in [0.05, 0.1) is 10.9 Å². The second kappa shape index (κ2) is 7.00. The Morgan fingerprint density at radius 3 is 2.67 bits per heavy atom. The molecule has 1 amide bonds. The van der Waals surface area contributed by atoms with Gasteiger partial charge >= 0.3 is 0 Å². The maximum atomic E-state index is 13.1. The second-order valence-corrected chi connectivity index (χ2v) is 7.04. The fourth-order valence-electron chi connectivity index (χ4n) is 3.63. The van der Waals surface area contributed by atoms with Crippen molar-refractivity contribution in [1.29, 1.82) is 0 Å². The molecule has 1 aliphatic rings. The van der Waals surface area contributed by atoms with Crippen LogP contribution in [0.3, 0.4) is 0 Å². The summed E-state index contributed by atoms with van der Waals surface area (Å²) in [4.78, 5) is 27.9. The first kappa shape index (κ1) is 17.5. The summed E-state index contributed by atoms with van der Waals surface area (Å²) in [5.74, 6) is 0.419. The quantitative estimate of drug-likeness (QED) is 0.760. The van der Waals surface area contributed by atoms with Crippen molar-refractivity contribution >= 4 is 16.9 Å². The maximum absolute atomic E-state index is 13.1. The van der Waals surface area contributed by atoms with Gasteiger partial charge in [-0.25, -0.2) is 0 Å². The fraction of sp³-hybridized carbons (Fsp3) is 0.273. The van der Waals surface area contributed by atoms with Crippen LogP contribution in [0.2, 0.25) is 0 Å². The van der Waals surface area contributed by atoms with Gasteiger partial charge in [0.15, 0.2) is 11.0 Å². The SMILES string of the molecule is Cc1c(-c2ccccc2)oc2c(C(=O)N3CCNC(C)C3)cccc2c1=O. The van der Waals surface area contributed by atoms with E-state index in [0.29, 0.717) is 40.9 Å². The van der Waals surface area contributed by atoms with Crippen LogP contribution in [0, 0.1) is 6.92 Å². The van der Waals surface area contributed by atoms with Gasteiger partial charge in [-0.15, -0.1) is 0 Å². The van der Waals surface area contributed by atoms with Crippen molar-refractivity contribution < 1.29 is 9.21 Å². The van der Waals surface area contributed by atoms with Crippen LogP contribution in [0.4, 0.5) is 0 Å². The lowest BCUT2D eigenvalue weighted by Gasteiger charge is -2.32. The van der Waals surface area contributed by atoms with Crippen molar-refractivity contribution in [3.63, 3.8) is 0 Å². The highest BCUT2D eigenvalue weighted by Crippen LogP contribution is 2.28. The lowest BCUT2D eigenvalue weighted by atomic mass is 10.0. The lowest BCUT2D eigenvalue weighted by molar-refractivity contribution is 0.0710. The normalized spacial score (nSPS) is 17.3. The molecule has 138 valence electrons. The first-order valence-corrected chi connectivity index (χ1v) is 9.21. The zero-order chi connectivity index (χ0) is 19.0. The van der Waals surface area contributed by atoms with E-state index in [1.807, 2.05) is 35.2 Å².